The van der Waals surface area contributed by atoms with E-state index in [4.69, 9.17) is 0 Å². The Balaban J connectivity index is 1.58. The first kappa shape index (κ1) is 24.3. The highest BCUT2D eigenvalue weighted by molar-refractivity contribution is 5.97. The summed E-state index contributed by atoms with van der Waals surface area (Å²) in [6, 6.07) is 7.36. The molecule has 0 aliphatic carbocycles. The van der Waals surface area contributed by atoms with Crippen molar-refractivity contribution in [1.82, 2.24) is 5.32 Å². The SMILES string of the molecule is CCCCCCCCC(=O)N1c2ccc(CCCCCCCC)cc2[C@H]2CNCC[C@H]21. The van der Waals surface area contributed by atoms with E-state index in [0.717, 1.165) is 25.9 Å². The second-order valence-electron chi connectivity index (χ2n) is 9.86. The van der Waals surface area contributed by atoms with Gasteiger partial charge in [0, 0.05) is 30.6 Å². The van der Waals surface area contributed by atoms with Crippen molar-refractivity contribution in [2.24, 2.45) is 0 Å². The van der Waals surface area contributed by atoms with E-state index in [1.165, 1.54) is 93.9 Å². The Morgan fingerprint density at radius 3 is 2.35 bits per heavy atom. The van der Waals surface area contributed by atoms with Gasteiger partial charge < -0.3 is 10.2 Å². The Morgan fingerprint density at radius 2 is 1.61 bits per heavy atom. The lowest BCUT2D eigenvalue weighted by Crippen LogP contribution is -2.46. The quantitative estimate of drug-likeness (QED) is 0.321. The van der Waals surface area contributed by atoms with Crippen LogP contribution in [0.2, 0.25) is 0 Å². The smallest absolute Gasteiger partial charge is 0.227 e. The summed E-state index contributed by atoms with van der Waals surface area (Å²) in [5.41, 5.74) is 4.10. The minimum Gasteiger partial charge on any atom is -0.316 e. The lowest BCUT2D eigenvalue weighted by atomic mass is 9.89. The number of anilines is 1. The van der Waals surface area contributed by atoms with Crippen molar-refractivity contribution in [3.05, 3.63) is 29.3 Å². The van der Waals surface area contributed by atoms with Gasteiger partial charge in [-0.05, 0) is 49.4 Å². The molecule has 2 aliphatic heterocycles. The molecule has 2 aliphatic rings. The molecule has 2 heterocycles. The fourth-order valence-corrected chi connectivity index (χ4v) is 5.53. The fraction of sp³-hybridized carbons (Fsp3) is 0.750. The molecule has 1 aromatic rings. The molecule has 1 N–H and O–H groups in total. The molecule has 0 unspecified atom stereocenters. The standard InChI is InChI=1S/C28H46N2O/c1-3-5-7-9-11-13-15-23-17-18-26-24(21-23)25-22-29-20-19-27(25)30(26)28(31)16-14-12-10-8-6-4-2/h17-18,21,25,27,29H,3-16,19-20,22H2,1-2H3/t25-,27-/m1/s1. The lowest BCUT2D eigenvalue weighted by Gasteiger charge is -2.32. The number of carbonyl (C=O) groups is 1. The van der Waals surface area contributed by atoms with Crippen LogP contribution in [-0.2, 0) is 11.2 Å². The van der Waals surface area contributed by atoms with Crippen LogP contribution in [0.3, 0.4) is 0 Å². The van der Waals surface area contributed by atoms with Crippen molar-refractivity contribution in [2.45, 2.75) is 122 Å². The number of amides is 1. The van der Waals surface area contributed by atoms with Crippen molar-refractivity contribution in [3.8, 4) is 0 Å². The van der Waals surface area contributed by atoms with E-state index in [-0.39, 0.29) is 0 Å². The number of nitrogens with one attached hydrogen (secondary N) is 1. The van der Waals surface area contributed by atoms with Gasteiger partial charge in [-0.15, -0.1) is 0 Å². The Hall–Kier alpha value is -1.35. The minimum absolute atomic E-state index is 0.356. The molecule has 0 saturated carbocycles. The summed E-state index contributed by atoms with van der Waals surface area (Å²) in [6.45, 7) is 6.57. The summed E-state index contributed by atoms with van der Waals surface area (Å²) >= 11 is 0. The number of hydrogen-bond donors (Lipinski definition) is 1. The molecule has 1 saturated heterocycles. The number of benzene rings is 1. The van der Waals surface area contributed by atoms with Crippen molar-refractivity contribution in [3.63, 3.8) is 0 Å². The molecule has 174 valence electrons. The van der Waals surface area contributed by atoms with Gasteiger partial charge in [0.15, 0.2) is 0 Å². The highest BCUT2D eigenvalue weighted by atomic mass is 16.2. The Bertz CT molecular complexity index is 671. The van der Waals surface area contributed by atoms with E-state index < -0.39 is 0 Å². The van der Waals surface area contributed by atoms with Crippen LogP contribution in [0.15, 0.2) is 18.2 Å². The molecule has 3 rings (SSSR count). The van der Waals surface area contributed by atoms with E-state index in [1.807, 2.05) is 0 Å². The normalized spacial score (nSPS) is 20.0. The molecule has 0 bridgehead atoms. The molecule has 1 fully saturated rings. The van der Waals surface area contributed by atoms with Crippen LogP contribution in [0, 0.1) is 0 Å². The number of unbranched alkanes of at least 4 members (excludes halogenated alkanes) is 10. The molecule has 0 radical (unpaired) electrons. The van der Waals surface area contributed by atoms with Crippen LogP contribution >= 0.6 is 0 Å². The van der Waals surface area contributed by atoms with Crippen LogP contribution in [0.4, 0.5) is 5.69 Å². The maximum Gasteiger partial charge on any atom is 0.227 e. The van der Waals surface area contributed by atoms with Crippen LogP contribution in [-0.4, -0.2) is 25.0 Å². The molecule has 1 amide bonds. The van der Waals surface area contributed by atoms with Crippen molar-refractivity contribution in [1.29, 1.82) is 0 Å². The zero-order valence-electron chi connectivity index (χ0n) is 20.3. The van der Waals surface area contributed by atoms with Gasteiger partial charge in [-0.1, -0.05) is 90.2 Å². The Morgan fingerprint density at radius 1 is 0.935 bits per heavy atom. The molecule has 1 aromatic carbocycles. The van der Waals surface area contributed by atoms with Gasteiger partial charge in [0.05, 0.1) is 0 Å². The van der Waals surface area contributed by atoms with E-state index in [2.05, 4.69) is 42.3 Å². The van der Waals surface area contributed by atoms with Gasteiger partial charge in [0.2, 0.25) is 5.91 Å². The summed E-state index contributed by atoms with van der Waals surface area (Å²) in [4.78, 5) is 15.4. The van der Waals surface area contributed by atoms with Crippen LogP contribution in [0.1, 0.15) is 121 Å². The largest absolute Gasteiger partial charge is 0.316 e. The minimum atomic E-state index is 0.356. The molecular formula is C28H46N2O. The lowest BCUT2D eigenvalue weighted by molar-refractivity contribution is -0.119. The molecule has 3 nitrogen and oxygen atoms in total. The number of nitrogens with zero attached hydrogens (tertiary/aromatic N) is 1. The second-order valence-corrected chi connectivity index (χ2v) is 9.86. The maximum absolute atomic E-state index is 13.2. The van der Waals surface area contributed by atoms with E-state index in [9.17, 15) is 4.79 Å². The Kier molecular flexibility index (Phi) is 10.4. The van der Waals surface area contributed by atoms with Gasteiger partial charge >= 0.3 is 0 Å². The highest BCUT2D eigenvalue weighted by Crippen LogP contribution is 2.44. The van der Waals surface area contributed by atoms with E-state index in [0.29, 0.717) is 24.3 Å². The first-order chi connectivity index (χ1) is 15.3. The summed E-state index contributed by atoms with van der Waals surface area (Å²) < 4.78 is 0. The summed E-state index contributed by atoms with van der Waals surface area (Å²) in [5, 5.41) is 3.58. The van der Waals surface area contributed by atoms with Gasteiger partial charge in [0.1, 0.15) is 0 Å². The van der Waals surface area contributed by atoms with E-state index in [1.54, 1.807) is 0 Å². The van der Waals surface area contributed by atoms with E-state index >= 15 is 0 Å². The third-order valence-corrected chi connectivity index (χ3v) is 7.36. The predicted octanol–water partition coefficient (Wildman–Crippen LogP) is 7.13. The molecule has 0 aromatic heterocycles. The second kappa shape index (κ2) is 13.3. The topological polar surface area (TPSA) is 32.3 Å². The van der Waals surface area contributed by atoms with Crippen LogP contribution < -0.4 is 10.2 Å². The van der Waals surface area contributed by atoms with Gasteiger partial charge in [0.25, 0.3) is 0 Å². The van der Waals surface area contributed by atoms with Gasteiger partial charge in [-0.25, -0.2) is 0 Å². The highest BCUT2D eigenvalue weighted by Gasteiger charge is 2.42. The predicted molar refractivity (Wildman–Crippen MR) is 133 cm³/mol. The monoisotopic (exact) mass is 426 g/mol. The number of rotatable bonds is 14. The molecular weight excluding hydrogens is 380 g/mol. The fourth-order valence-electron chi connectivity index (χ4n) is 5.53. The number of carbonyl (C=O) groups excluding carboxylic acids is 1. The van der Waals surface area contributed by atoms with Gasteiger partial charge in [-0.2, -0.15) is 0 Å². The van der Waals surface area contributed by atoms with Crippen molar-refractivity contribution >= 4 is 11.6 Å². The first-order valence-electron chi connectivity index (χ1n) is 13.4. The molecule has 2 atom stereocenters. The Labute approximate surface area is 191 Å². The first-order valence-corrected chi connectivity index (χ1v) is 13.4. The number of aryl methyl sites for hydroxylation is 1. The van der Waals surface area contributed by atoms with Crippen LogP contribution in [0.25, 0.3) is 0 Å². The molecule has 3 heteroatoms. The third kappa shape index (κ3) is 6.81. The van der Waals surface area contributed by atoms with Crippen molar-refractivity contribution < 1.29 is 4.79 Å². The summed E-state index contributed by atoms with van der Waals surface area (Å²) in [6.07, 6.45) is 18.5. The summed E-state index contributed by atoms with van der Waals surface area (Å²) in [7, 11) is 0. The third-order valence-electron chi connectivity index (χ3n) is 7.36. The zero-order chi connectivity index (χ0) is 21.9. The maximum atomic E-state index is 13.2. The molecule has 31 heavy (non-hydrogen) atoms. The number of piperidine rings is 1. The average molecular weight is 427 g/mol. The zero-order valence-corrected chi connectivity index (χ0v) is 20.3. The average Bonchev–Trinajstić information content (AvgIpc) is 3.12. The summed E-state index contributed by atoms with van der Waals surface area (Å²) in [5.74, 6) is 0.830. The van der Waals surface area contributed by atoms with Crippen LogP contribution in [0.5, 0.6) is 0 Å². The van der Waals surface area contributed by atoms with Gasteiger partial charge in [-0.3, -0.25) is 4.79 Å². The molecule has 0 spiro atoms. The number of fused-ring (bicyclic) bond motifs is 3. The number of hydrogen-bond acceptors (Lipinski definition) is 2. The van der Waals surface area contributed by atoms with Crippen molar-refractivity contribution in [2.75, 3.05) is 18.0 Å².